The Labute approximate surface area is 109 Å². The van der Waals surface area contributed by atoms with Gasteiger partial charge in [-0.15, -0.1) is 0 Å². The van der Waals surface area contributed by atoms with Crippen molar-refractivity contribution in [2.75, 3.05) is 19.6 Å². The molecule has 100 valence electrons. The third-order valence-electron chi connectivity index (χ3n) is 3.12. The molecule has 1 unspecified atom stereocenters. The first-order valence-electron chi connectivity index (χ1n) is 6.49. The SMILES string of the molecule is CCN(CCC(C)=O)CC(O)c1ccc(C)cc1. The number of nitrogens with zero attached hydrogens (tertiary/aromatic N) is 1. The van der Waals surface area contributed by atoms with E-state index in [4.69, 9.17) is 0 Å². The molecular weight excluding hydrogens is 226 g/mol. The number of hydrogen-bond donors (Lipinski definition) is 1. The number of Topliss-reactive ketones (excluding diaryl/α,β-unsaturated/α-hetero) is 1. The first kappa shape index (κ1) is 14.9. The van der Waals surface area contributed by atoms with Crippen LogP contribution in [-0.2, 0) is 4.79 Å². The van der Waals surface area contributed by atoms with Crippen molar-refractivity contribution in [3.8, 4) is 0 Å². The van der Waals surface area contributed by atoms with E-state index in [1.807, 2.05) is 38.1 Å². The van der Waals surface area contributed by atoms with E-state index in [0.29, 0.717) is 13.0 Å². The summed E-state index contributed by atoms with van der Waals surface area (Å²) in [5.74, 6) is 0.193. The van der Waals surface area contributed by atoms with Crippen LogP contribution in [-0.4, -0.2) is 35.4 Å². The molecule has 0 bridgehead atoms. The summed E-state index contributed by atoms with van der Waals surface area (Å²) < 4.78 is 0. The number of aryl methyl sites for hydroxylation is 1. The molecule has 0 fully saturated rings. The number of carbonyl (C=O) groups is 1. The summed E-state index contributed by atoms with van der Waals surface area (Å²) in [5, 5.41) is 10.2. The van der Waals surface area contributed by atoms with Crippen molar-refractivity contribution in [1.29, 1.82) is 0 Å². The second-order valence-electron chi connectivity index (χ2n) is 4.77. The lowest BCUT2D eigenvalue weighted by atomic mass is 10.1. The lowest BCUT2D eigenvalue weighted by Crippen LogP contribution is -2.30. The minimum atomic E-state index is -0.488. The summed E-state index contributed by atoms with van der Waals surface area (Å²) in [6.07, 6.45) is 0.0616. The fraction of sp³-hybridized carbons (Fsp3) is 0.533. The summed E-state index contributed by atoms with van der Waals surface area (Å²) in [6.45, 7) is 7.81. The monoisotopic (exact) mass is 249 g/mol. The van der Waals surface area contributed by atoms with E-state index in [2.05, 4.69) is 4.90 Å². The van der Waals surface area contributed by atoms with Gasteiger partial charge >= 0.3 is 0 Å². The summed E-state index contributed by atoms with van der Waals surface area (Å²) in [6, 6.07) is 7.92. The maximum atomic E-state index is 11.0. The molecule has 0 aliphatic carbocycles. The van der Waals surface area contributed by atoms with Crippen molar-refractivity contribution in [3.05, 3.63) is 35.4 Å². The minimum absolute atomic E-state index is 0.193. The van der Waals surface area contributed by atoms with Crippen LogP contribution in [0.1, 0.15) is 37.5 Å². The lowest BCUT2D eigenvalue weighted by molar-refractivity contribution is -0.117. The van der Waals surface area contributed by atoms with Gasteiger partial charge in [0, 0.05) is 19.5 Å². The minimum Gasteiger partial charge on any atom is -0.387 e. The van der Waals surface area contributed by atoms with Gasteiger partial charge < -0.3 is 10.0 Å². The predicted molar refractivity (Wildman–Crippen MR) is 73.6 cm³/mol. The van der Waals surface area contributed by atoms with Gasteiger partial charge in [-0.25, -0.2) is 0 Å². The van der Waals surface area contributed by atoms with E-state index in [9.17, 15) is 9.90 Å². The molecule has 0 aliphatic rings. The van der Waals surface area contributed by atoms with Gasteiger partial charge in [-0.3, -0.25) is 4.79 Å². The number of hydrogen-bond acceptors (Lipinski definition) is 3. The smallest absolute Gasteiger partial charge is 0.131 e. The highest BCUT2D eigenvalue weighted by molar-refractivity contribution is 5.75. The van der Waals surface area contributed by atoms with Crippen LogP contribution < -0.4 is 0 Å². The van der Waals surface area contributed by atoms with E-state index in [1.54, 1.807) is 6.92 Å². The van der Waals surface area contributed by atoms with E-state index < -0.39 is 6.10 Å². The number of rotatable bonds is 7. The van der Waals surface area contributed by atoms with Crippen molar-refractivity contribution in [1.82, 2.24) is 4.90 Å². The standard InChI is InChI=1S/C15H23NO2/c1-4-16(10-9-13(3)17)11-15(18)14-7-5-12(2)6-8-14/h5-8,15,18H,4,9-11H2,1-3H3. The van der Waals surface area contributed by atoms with Crippen LogP contribution >= 0.6 is 0 Å². The Balaban J connectivity index is 2.53. The largest absolute Gasteiger partial charge is 0.387 e. The van der Waals surface area contributed by atoms with E-state index in [0.717, 1.165) is 18.7 Å². The van der Waals surface area contributed by atoms with Crippen molar-refractivity contribution < 1.29 is 9.90 Å². The Morgan fingerprint density at radius 3 is 2.44 bits per heavy atom. The van der Waals surface area contributed by atoms with E-state index in [1.165, 1.54) is 5.56 Å². The quantitative estimate of drug-likeness (QED) is 0.806. The number of aliphatic hydroxyl groups is 1. The molecular formula is C15H23NO2. The van der Waals surface area contributed by atoms with Gasteiger partial charge in [0.25, 0.3) is 0 Å². The van der Waals surface area contributed by atoms with Gasteiger partial charge in [0.05, 0.1) is 6.10 Å². The molecule has 0 aromatic heterocycles. The Morgan fingerprint density at radius 1 is 1.33 bits per heavy atom. The molecule has 1 aromatic carbocycles. The zero-order valence-corrected chi connectivity index (χ0v) is 11.5. The van der Waals surface area contributed by atoms with Crippen LogP contribution in [0.25, 0.3) is 0 Å². The first-order chi connectivity index (χ1) is 8.52. The van der Waals surface area contributed by atoms with Gasteiger partial charge in [-0.1, -0.05) is 36.8 Å². The Kier molecular flexibility index (Phi) is 6.02. The number of carbonyl (C=O) groups excluding carboxylic acids is 1. The molecule has 1 atom stereocenters. The summed E-state index contributed by atoms with van der Waals surface area (Å²) in [5.41, 5.74) is 2.12. The number of aliphatic hydroxyl groups excluding tert-OH is 1. The molecule has 0 spiro atoms. The van der Waals surface area contributed by atoms with Crippen molar-refractivity contribution in [3.63, 3.8) is 0 Å². The van der Waals surface area contributed by atoms with Gasteiger partial charge in [-0.05, 0) is 26.0 Å². The summed E-state index contributed by atoms with van der Waals surface area (Å²) in [7, 11) is 0. The van der Waals surface area contributed by atoms with Crippen LogP contribution in [0, 0.1) is 6.92 Å². The molecule has 3 nitrogen and oxygen atoms in total. The number of benzene rings is 1. The average Bonchev–Trinajstić information content (AvgIpc) is 2.34. The predicted octanol–water partition coefficient (Wildman–Crippen LogP) is 2.33. The normalized spacial score (nSPS) is 12.7. The maximum Gasteiger partial charge on any atom is 0.131 e. The second-order valence-corrected chi connectivity index (χ2v) is 4.77. The molecule has 0 heterocycles. The molecule has 0 saturated carbocycles. The van der Waals surface area contributed by atoms with Gasteiger partial charge in [-0.2, -0.15) is 0 Å². The van der Waals surface area contributed by atoms with Crippen LogP contribution in [0.3, 0.4) is 0 Å². The highest BCUT2D eigenvalue weighted by atomic mass is 16.3. The highest BCUT2D eigenvalue weighted by Gasteiger charge is 2.12. The third kappa shape index (κ3) is 4.98. The van der Waals surface area contributed by atoms with Gasteiger partial charge in [0.2, 0.25) is 0 Å². The molecule has 3 heteroatoms. The highest BCUT2D eigenvalue weighted by Crippen LogP contribution is 2.15. The van der Waals surface area contributed by atoms with Crippen LogP contribution in [0.4, 0.5) is 0 Å². The van der Waals surface area contributed by atoms with Crippen LogP contribution in [0.15, 0.2) is 24.3 Å². The Morgan fingerprint density at radius 2 is 1.94 bits per heavy atom. The van der Waals surface area contributed by atoms with Crippen LogP contribution in [0.2, 0.25) is 0 Å². The molecule has 18 heavy (non-hydrogen) atoms. The number of likely N-dealkylation sites (N-methyl/N-ethyl adjacent to an activating group) is 1. The molecule has 0 saturated heterocycles. The Hall–Kier alpha value is -1.19. The lowest BCUT2D eigenvalue weighted by Gasteiger charge is -2.23. The van der Waals surface area contributed by atoms with Crippen molar-refractivity contribution in [2.24, 2.45) is 0 Å². The van der Waals surface area contributed by atoms with Crippen molar-refractivity contribution >= 4 is 5.78 Å². The van der Waals surface area contributed by atoms with E-state index in [-0.39, 0.29) is 5.78 Å². The molecule has 0 radical (unpaired) electrons. The van der Waals surface area contributed by atoms with Crippen LogP contribution in [0.5, 0.6) is 0 Å². The zero-order chi connectivity index (χ0) is 13.5. The maximum absolute atomic E-state index is 11.0. The second kappa shape index (κ2) is 7.29. The van der Waals surface area contributed by atoms with E-state index >= 15 is 0 Å². The average molecular weight is 249 g/mol. The molecule has 1 rings (SSSR count). The van der Waals surface area contributed by atoms with Crippen molar-refractivity contribution in [2.45, 2.75) is 33.3 Å². The fourth-order valence-electron chi connectivity index (χ4n) is 1.83. The summed E-state index contributed by atoms with van der Waals surface area (Å²) >= 11 is 0. The molecule has 0 aliphatic heterocycles. The topological polar surface area (TPSA) is 40.5 Å². The third-order valence-corrected chi connectivity index (χ3v) is 3.12. The molecule has 0 amide bonds. The van der Waals surface area contributed by atoms with Gasteiger partial charge in [0.15, 0.2) is 0 Å². The first-order valence-corrected chi connectivity index (χ1v) is 6.49. The fourth-order valence-corrected chi connectivity index (χ4v) is 1.83. The molecule has 1 N–H and O–H groups in total. The Bertz CT molecular complexity index is 373. The summed E-state index contributed by atoms with van der Waals surface area (Å²) in [4.78, 5) is 13.1. The molecule has 1 aromatic rings. The van der Waals surface area contributed by atoms with Gasteiger partial charge in [0.1, 0.15) is 5.78 Å². The zero-order valence-electron chi connectivity index (χ0n) is 11.5. The number of ketones is 1.